The van der Waals surface area contributed by atoms with Crippen molar-refractivity contribution < 1.29 is 0 Å². The molecule has 134 valence electrons. The molecule has 1 atom stereocenters. The first-order chi connectivity index (χ1) is 11.8. The second-order valence-corrected chi connectivity index (χ2v) is 7.83. The third-order valence-corrected chi connectivity index (χ3v) is 6.21. The molecule has 0 unspecified atom stereocenters. The van der Waals surface area contributed by atoms with Crippen LogP contribution in [-0.2, 0) is 13.6 Å². The highest BCUT2D eigenvalue weighted by Crippen LogP contribution is 2.29. The molecule has 1 aromatic rings. The van der Waals surface area contributed by atoms with Crippen LogP contribution in [0.5, 0.6) is 0 Å². The first kappa shape index (κ1) is 16.5. The van der Waals surface area contributed by atoms with Crippen molar-refractivity contribution in [1.29, 1.82) is 0 Å². The summed E-state index contributed by atoms with van der Waals surface area (Å²) in [6, 6.07) is 0.770. The molecule has 4 rings (SSSR count). The average Bonchev–Trinajstić information content (AvgIpc) is 3.27. The Morgan fingerprint density at radius 1 is 1.00 bits per heavy atom. The summed E-state index contributed by atoms with van der Waals surface area (Å²) in [7, 11) is 2.17. The third-order valence-electron chi connectivity index (χ3n) is 6.21. The molecule has 1 aromatic heterocycles. The van der Waals surface area contributed by atoms with Crippen LogP contribution in [0.4, 0.5) is 0 Å². The van der Waals surface area contributed by atoms with Crippen LogP contribution in [0, 0.1) is 0 Å². The Balaban J connectivity index is 1.41. The lowest BCUT2D eigenvalue weighted by Crippen LogP contribution is -2.47. The van der Waals surface area contributed by atoms with Gasteiger partial charge in [-0.2, -0.15) is 0 Å². The number of piperidine rings is 2. The van der Waals surface area contributed by atoms with E-state index in [0.717, 1.165) is 18.4 Å². The van der Waals surface area contributed by atoms with Gasteiger partial charge >= 0.3 is 0 Å². The van der Waals surface area contributed by atoms with Crippen LogP contribution in [0.3, 0.4) is 0 Å². The molecule has 0 aromatic carbocycles. The van der Waals surface area contributed by atoms with Gasteiger partial charge in [-0.3, -0.25) is 9.80 Å². The van der Waals surface area contributed by atoms with E-state index in [9.17, 15) is 0 Å². The summed E-state index contributed by atoms with van der Waals surface area (Å²) in [5.74, 6) is 2.91. The van der Waals surface area contributed by atoms with Gasteiger partial charge in [-0.15, -0.1) is 10.2 Å². The lowest BCUT2D eigenvalue weighted by molar-refractivity contribution is 0.120. The largest absolute Gasteiger partial charge is 0.317 e. The first-order valence-corrected chi connectivity index (χ1v) is 9.86. The molecule has 24 heavy (non-hydrogen) atoms. The zero-order chi connectivity index (χ0) is 16.4. The molecule has 3 fully saturated rings. The summed E-state index contributed by atoms with van der Waals surface area (Å²) in [6.45, 7) is 8.18. The van der Waals surface area contributed by atoms with Gasteiger partial charge in [0.15, 0.2) is 0 Å². The van der Waals surface area contributed by atoms with Crippen LogP contribution in [0.15, 0.2) is 0 Å². The smallest absolute Gasteiger partial charge is 0.146 e. The van der Waals surface area contributed by atoms with Crippen molar-refractivity contribution in [2.75, 3.05) is 39.3 Å². The molecule has 0 amide bonds. The zero-order valence-corrected chi connectivity index (χ0v) is 15.1. The topological polar surface area (TPSA) is 49.2 Å². The van der Waals surface area contributed by atoms with Gasteiger partial charge in [-0.05, 0) is 71.2 Å². The Kier molecular flexibility index (Phi) is 5.15. The van der Waals surface area contributed by atoms with E-state index in [-0.39, 0.29) is 0 Å². The maximum Gasteiger partial charge on any atom is 0.146 e. The number of hydrogen-bond acceptors (Lipinski definition) is 5. The van der Waals surface area contributed by atoms with E-state index in [1.807, 2.05) is 0 Å². The fraction of sp³-hybridized carbons (Fsp3) is 0.889. The van der Waals surface area contributed by atoms with E-state index >= 15 is 0 Å². The van der Waals surface area contributed by atoms with E-state index in [0.29, 0.717) is 5.92 Å². The Bertz CT molecular complexity index is 530. The van der Waals surface area contributed by atoms with Gasteiger partial charge in [0.2, 0.25) is 0 Å². The van der Waals surface area contributed by atoms with Crippen molar-refractivity contribution >= 4 is 0 Å². The summed E-state index contributed by atoms with van der Waals surface area (Å²) in [4.78, 5) is 5.24. The molecule has 0 saturated carbocycles. The summed E-state index contributed by atoms with van der Waals surface area (Å²) < 4.78 is 2.29. The van der Waals surface area contributed by atoms with Crippen LogP contribution in [0.25, 0.3) is 0 Å². The molecular weight excluding hydrogens is 300 g/mol. The molecule has 0 spiro atoms. The third kappa shape index (κ3) is 3.51. The van der Waals surface area contributed by atoms with E-state index in [1.54, 1.807) is 0 Å². The van der Waals surface area contributed by atoms with E-state index in [4.69, 9.17) is 0 Å². The van der Waals surface area contributed by atoms with Crippen molar-refractivity contribution in [2.45, 2.75) is 57.0 Å². The summed E-state index contributed by atoms with van der Waals surface area (Å²) in [6.07, 6.45) is 7.81. The van der Waals surface area contributed by atoms with Gasteiger partial charge in [-0.1, -0.05) is 0 Å². The average molecular weight is 332 g/mol. The maximum absolute atomic E-state index is 4.61. The Hall–Kier alpha value is -0.980. The molecule has 6 nitrogen and oxygen atoms in total. The van der Waals surface area contributed by atoms with E-state index in [1.165, 1.54) is 83.6 Å². The van der Waals surface area contributed by atoms with Gasteiger partial charge in [-0.25, -0.2) is 0 Å². The molecule has 1 N–H and O–H groups in total. The van der Waals surface area contributed by atoms with E-state index < -0.39 is 0 Å². The molecule has 3 saturated heterocycles. The minimum Gasteiger partial charge on any atom is -0.317 e. The predicted octanol–water partition coefficient (Wildman–Crippen LogP) is 1.34. The molecule has 0 bridgehead atoms. The fourth-order valence-corrected chi connectivity index (χ4v) is 4.73. The lowest BCUT2D eigenvalue weighted by atomic mass is 9.93. The van der Waals surface area contributed by atoms with Gasteiger partial charge in [0, 0.05) is 25.6 Å². The van der Waals surface area contributed by atoms with Crippen molar-refractivity contribution in [3.05, 3.63) is 11.6 Å². The quantitative estimate of drug-likeness (QED) is 0.902. The van der Waals surface area contributed by atoms with Gasteiger partial charge in [0.25, 0.3) is 0 Å². The minimum atomic E-state index is 0.554. The molecular formula is C18H32N6. The fourth-order valence-electron chi connectivity index (χ4n) is 4.73. The number of aromatic nitrogens is 3. The second kappa shape index (κ2) is 7.50. The monoisotopic (exact) mass is 332 g/mol. The van der Waals surface area contributed by atoms with E-state index in [2.05, 4.69) is 36.9 Å². The molecule has 0 aliphatic carbocycles. The summed E-state index contributed by atoms with van der Waals surface area (Å²) in [5.41, 5.74) is 0. The number of nitrogens with zero attached hydrogens (tertiary/aromatic N) is 5. The highest BCUT2D eigenvalue weighted by Gasteiger charge is 2.30. The standard InChI is InChI=1S/C18H32N6/c1-22-17(14-23-10-2-3-11-23)20-21-18(22)15-5-4-12-24(13-15)16-6-8-19-9-7-16/h15-16,19H,2-14H2,1H3/t15-/m0/s1. The first-order valence-electron chi connectivity index (χ1n) is 9.86. The zero-order valence-electron chi connectivity index (χ0n) is 15.1. The molecule has 6 heteroatoms. The minimum absolute atomic E-state index is 0.554. The van der Waals surface area contributed by atoms with Crippen LogP contribution in [-0.4, -0.2) is 69.9 Å². The molecule has 0 radical (unpaired) electrons. The maximum atomic E-state index is 4.61. The highest BCUT2D eigenvalue weighted by molar-refractivity contribution is 5.05. The Labute approximate surface area is 145 Å². The predicted molar refractivity (Wildman–Crippen MR) is 95.0 cm³/mol. The Morgan fingerprint density at radius 2 is 1.79 bits per heavy atom. The van der Waals surface area contributed by atoms with Crippen molar-refractivity contribution in [2.24, 2.45) is 7.05 Å². The van der Waals surface area contributed by atoms with Crippen molar-refractivity contribution in [3.8, 4) is 0 Å². The summed E-state index contributed by atoms with van der Waals surface area (Å²) in [5, 5.41) is 12.6. The number of nitrogens with one attached hydrogen (secondary N) is 1. The van der Waals surface area contributed by atoms with Gasteiger partial charge in [0.1, 0.15) is 11.6 Å². The van der Waals surface area contributed by atoms with Crippen LogP contribution < -0.4 is 5.32 Å². The Morgan fingerprint density at radius 3 is 2.58 bits per heavy atom. The number of hydrogen-bond donors (Lipinski definition) is 1. The van der Waals surface area contributed by atoms with Gasteiger partial charge < -0.3 is 9.88 Å². The number of rotatable bonds is 4. The normalized spacial score (nSPS) is 27.8. The molecule has 3 aliphatic heterocycles. The van der Waals surface area contributed by atoms with Crippen molar-refractivity contribution in [3.63, 3.8) is 0 Å². The van der Waals surface area contributed by atoms with Crippen LogP contribution >= 0.6 is 0 Å². The second-order valence-electron chi connectivity index (χ2n) is 7.83. The van der Waals surface area contributed by atoms with Crippen molar-refractivity contribution in [1.82, 2.24) is 29.9 Å². The number of likely N-dealkylation sites (tertiary alicyclic amines) is 2. The van der Waals surface area contributed by atoms with Gasteiger partial charge in [0.05, 0.1) is 6.54 Å². The SMILES string of the molecule is Cn1c(CN2CCCC2)nnc1[C@H]1CCCN(C2CCNCC2)C1. The highest BCUT2D eigenvalue weighted by atomic mass is 15.3. The van der Waals surface area contributed by atoms with Crippen LogP contribution in [0.2, 0.25) is 0 Å². The molecule has 3 aliphatic rings. The summed E-state index contributed by atoms with van der Waals surface area (Å²) >= 11 is 0. The lowest BCUT2D eigenvalue weighted by Gasteiger charge is -2.39. The van der Waals surface area contributed by atoms with Crippen LogP contribution in [0.1, 0.15) is 56.1 Å². The molecule has 4 heterocycles.